The number of fused-ring (bicyclic) bond motifs is 2. The molecule has 352 valence electrons. The first-order valence-corrected chi connectivity index (χ1v) is 25.9. The first-order chi connectivity index (χ1) is 31.4. The lowest BCUT2D eigenvalue weighted by atomic mass is 9.79. The Morgan fingerprint density at radius 2 is 0.831 bits per heavy atom. The second-order valence-corrected chi connectivity index (χ2v) is 20.0. The number of hydrogen-bond donors (Lipinski definition) is 0. The molecule has 2 fully saturated rings. The van der Waals surface area contributed by atoms with Gasteiger partial charge in [-0.05, 0) is 98.1 Å². The van der Waals surface area contributed by atoms with Crippen molar-refractivity contribution in [3.05, 3.63) is 118 Å². The quantitative estimate of drug-likeness (QED) is 0.0670. The summed E-state index contributed by atoms with van der Waals surface area (Å²) in [7, 11) is 0. The molecule has 0 radical (unpaired) electrons. The summed E-state index contributed by atoms with van der Waals surface area (Å²) in [4.78, 5) is 50.2. The van der Waals surface area contributed by atoms with Crippen LogP contribution < -0.4 is 9.80 Å². The van der Waals surface area contributed by atoms with Crippen molar-refractivity contribution in [3.8, 4) is 0 Å². The average molecular weight is 883 g/mol. The van der Waals surface area contributed by atoms with E-state index in [4.69, 9.17) is 0 Å². The lowest BCUT2D eigenvalue weighted by Gasteiger charge is -2.35. The van der Waals surface area contributed by atoms with Crippen LogP contribution in [0.3, 0.4) is 0 Å². The summed E-state index contributed by atoms with van der Waals surface area (Å²) in [5.74, 6) is -0.980. The van der Waals surface area contributed by atoms with E-state index in [0.29, 0.717) is 5.57 Å². The number of hydrogen-bond acceptors (Lipinski definition) is 5. The number of allylic oxidation sites excluding steroid dienone is 9. The minimum atomic E-state index is -0.533. The number of rotatable bonds is 22. The maximum absolute atomic E-state index is 14.5. The molecule has 3 aliphatic heterocycles. The Morgan fingerprint density at radius 3 is 1.22 bits per heavy atom. The Kier molecular flexibility index (Phi) is 17.8. The molecule has 0 bridgehead atoms. The van der Waals surface area contributed by atoms with E-state index in [-0.39, 0.29) is 29.5 Å². The predicted octanol–water partition coefficient (Wildman–Crippen LogP) is 14.8. The van der Waals surface area contributed by atoms with Crippen LogP contribution >= 0.6 is 0 Å². The van der Waals surface area contributed by atoms with Gasteiger partial charge in [0.15, 0.2) is 0 Å². The molecule has 0 spiro atoms. The molecule has 65 heavy (non-hydrogen) atoms. The molecule has 1 saturated heterocycles. The van der Waals surface area contributed by atoms with E-state index in [2.05, 4.69) is 124 Å². The third kappa shape index (κ3) is 11.0. The van der Waals surface area contributed by atoms with Crippen molar-refractivity contribution >= 4 is 29.2 Å². The number of para-hydroxylation sites is 2. The fourth-order valence-electron chi connectivity index (χ4n) is 11.0. The molecule has 4 amide bonds. The number of carbonyl (C=O) groups excluding carboxylic acids is 3. The number of nitrogens with zero attached hydrogens (tertiary/aromatic N) is 4. The molecular weight excluding hydrogens is 801 g/mol. The highest BCUT2D eigenvalue weighted by atomic mass is 16.2. The molecule has 1 saturated carbocycles. The van der Waals surface area contributed by atoms with Gasteiger partial charge in [-0.15, -0.1) is 0 Å². The fourth-order valence-corrected chi connectivity index (χ4v) is 11.0. The van der Waals surface area contributed by atoms with E-state index >= 15 is 0 Å². The number of carbonyl (C=O) groups is 3. The van der Waals surface area contributed by atoms with Crippen molar-refractivity contribution in [1.82, 2.24) is 9.80 Å². The monoisotopic (exact) mass is 883 g/mol. The van der Waals surface area contributed by atoms with Crippen molar-refractivity contribution < 1.29 is 14.4 Å². The highest BCUT2D eigenvalue weighted by Crippen LogP contribution is 2.50. The molecule has 4 aliphatic rings. The topological polar surface area (TPSA) is 64.2 Å². The molecule has 2 aromatic rings. The van der Waals surface area contributed by atoms with Gasteiger partial charge in [-0.3, -0.25) is 19.4 Å². The van der Waals surface area contributed by atoms with Gasteiger partial charge in [0.05, 0.1) is 0 Å². The second-order valence-electron chi connectivity index (χ2n) is 20.0. The predicted molar refractivity (Wildman–Crippen MR) is 272 cm³/mol. The smallest absolute Gasteiger partial charge is 0.333 e. The van der Waals surface area contributed by atoms with E-state index in [9.17, 15) is 14.4 Å². The Balaban J connectivity index is 1.40. The number of barbiturate groups is 1. The number of anilines is 2. The second kappa shape index (κ2) is 23.2. The summed E-state index contributed by atoms with van der Waals surface area (Å²) in [5, 5.41) is 0. The van der Waals surface area contributed by atoms with E-state index in [1.807, 2.05) is 13.8 Å². The van der Waals surface area contributed by atoms with Gasteiger partial charge in [0.1, 0.15) is 5.57 Å². The molecule has 1 aliphatic carbocycles. The number of likely N-dealkylation sites (N-methyl/N-ethyl adjacent to an activating group) is 2. The van der Waals surface area contributed by atoms with Crippen LogP contribution in [0.5, 0.6) is 0 Å². The largest absolute Gasteiger partial charge is 0.344 e. The van der Waals surface area contributed by atoms with Gasteiger partial charge in [0.25, 0.3) is 11.8 Å². The zero-order chi connectivity index (χ0) is 46.6. The van der Waals surface area contributed by atoms with Gasteiger partial charge < -0.3 is 9.80 Å². The maximum atomic E-state index is 14.5. The SMILES string of the molecule is CCCCCCCCCCN1/C(=C/C=C2\CCC/C(=C\C=C3\N(CCCCCCCCCC)c4ccccc4C3(C)C)C2=C2C(=O)N(CC)C(=O)N(CC)C2=O)C(C)(C)c2ccccc21. The van der Waals surface area contributed by atoms with E-state index in [0.717, 1.165) is 56.3 Å². The third-order valence-corrected chi connectivity index (χ3v) is 14.8. The summed E-state index contributed by atoms with van der Waals surface area (Å²) in [5.41, 5.74) is 9.97. The van der Waals surface area contributed by atoms with Gasteiger partial charge in [0.2, 0.25) is 0 Å². The van der Waals surface area contributed by atoms with Crippen molar-refractivity contribution in [2.24, 2.45) is 0 Å². The summed E-state index contributed by atoms with van der Waals surface area (Å²) >= 11 is 0. The molecule has 0 aromatic heterocycles. The van der Waals surface area contributed by atoms with Gasteiger partial charge in [-0.2, -0.15) is 0 Å². The number of amides is 4. The molecule has 3 heterocycles. The summed E-state index contributed by atoms with van der Waals surface area (Å²) in [6, 6.07) is 17.1. The fraction of sp³-hybridized carbons (Fsp3) is 0.569. The Hall–Kier alpha value is -4.65. The minimum absolute atomic E-state index is 0.122. The highest BCUT2D eigenvalue weighted by molar-refractivity contribution is 6.29. The van der Waals surface area contributed by atoms with Crippen LogP contribution in [0.15, 0.2) is 107 Å². The maximum Gasteiger partial charge on any atom is 0.333 e. The minimum Gasteiger partial charge on any atom is -0.344 e. The number of urea groups is 1. The summed E-state index contributed by atoms with van der Waals surface area (Å²) in [6.07, 6.45) is 31.7. The van der Waals surface area contributed by atoms with Gasteiger partial charge in [-0.25, -0.2) is 4.79 Å². The third-order valence-electron chi connectivity index (χ3n) is 14.8. The van der Waals surface area contributed by atoms with Crippen LogP contribution in [0, 0.1) is 0 Å². The summed E-state index contributed by atoms with van der Waals surface area (Å²) < 4.78 is 0. The molecule has 0 atom stereocenters. The standard InChI is InChI=1S/C58H82N4O3/c1-9-13-15-17-19-21-23-29-42-61-48-36-27-25-34-46(48)57(5,6)50(61)40-38-44-32-31-33-45(52(44)53-54(63)59(11-3)56(65)60(12-4)55(53)64)39-41-51-58(7,8)47-35-26-28-37-49(47)62(51)43-30-24-22-20-18-16-14-10-2/h25-28,34-41H,9-24,29-33,42-43H2,1-8H3/b44-38+,45-39+,50-40+,51-41+. The first-order valence-electron chi connectivity index (χ1n) is 25.9. The van der Waals surface area contributed by atoms with Crippen LogP contribution in [0.1, 0.15) is 189 Å². The first kappa shape index (κ1) is 49.8. The van der Waals surface area contributed by atoms with Crippen LogP contribution in [0.2, 0.25) is 0 Å². The Labute approximate surface area is 393 Å². The molecule has 2 aromatic carbocycles. The normalized spacial score (nSPS) is 20.7. The van der Waals surface area contributed by atoms with Crippen molar-refractivity contribution in [2.75, 3.05) is 36.0 Å². The Morgan fingerprint density at radius 1 is 0.462 bits per heavy atom. The molecule has 0 unspecified atom stereocenters. The number of imide groups is 2. The molecular formula is C58H82N4O3. The molecule has 0 N–H and O–H groups in total. The van der Waals surface area contributed by atoms with Crippen LogP contribution in [0.25, 0.3) is 0 Å². The van der Waals surface area contributed by atoms with Gasteiger partial charge >= 0.3 is 6.03 Å². The van der Waals surface area contributed by atoms with E-state index in [1.54, 1.807) is 0 Å². The van der Waals surface area contributed by atoms with Crippen molar-refractivity contribution in [3.63, 3.8) is 0 Å². The highest BCUT2D eigenvalue weighted by Gasteiger charge is 2.45. The van der Waals surface area contributed by atoms with Crippen LogP contribution in [-0.4, -0.2) is 53.8 Å². The van der Waals surface area contributed by atoms with Gasteiger partial charge in [-0.1, -0.05) is 180 Å². The Bertz CT molecular complexity index is 2000. The lowest BCUT2D eigenvalue weighted by Crippen LogP contribution is -2.56. The van der Waals surface area contributed by atoms with Crippen molar-refractivity contribution in [2.45, 2.75) is 188 Å². The van der Waals surface area contributed by atoms with E-state index in [1.165, 1.54) is 134 Å². The molecule has 6 rings (SSSR count). The number of unbranched alkanes of at least 4 members (excludes halogenated alkanes) is 14. The summed E-state index contributed by atoms with van der Waals surface area (Å²) in [6.45, 7) is 19.7. The lowest BCUT2D eigenvalue weighted by molar-refractivity contribution is -0.135. The van der Waals surface area contributed by atoms with Gasteiger partial charge in [0, 0.05) is 59.8 Å². The molecule has 7 heteroatoms. The molecule has 7 nitrogen and oxygen atoms in total. The van der Waals surface area contributed by atoms with Crippen LogP contribution in [0.4, 0.5) is 16.2 Å². The van der Waals surface area contributed by atoms with Crippen molar-refractivity contribution in [1.29, 1.82) is 0 Å². The average Bonchev–Trinajstić information content (AvgIpc) is 3.65. The van der Waals surface area contributed by atoms with Crippen LogP contribution in [-0.2, 0) is 20.4 Å². The zero-order valence-corrected chi connectivity index (χ0v) is 41.7. The van der Waals surface area contributed by atoms with E-state index < -0.39 is 17.8 Å². The number of benzene rings is 2. The zero-order valence-electron chi connectivity index (χ0n) is 41.7.